The van der Waals surface area contributed by atoms with Crippen LogP contribution in [0.5, 0.6) is 0 Å². The summed E-state index contributed by atoms with van der Waals surface area (Å²) in [6.07, 6.45) is 0.648. The molecule has 0 bridgehead atoms. The number of rotatable bonds is 9. The van der Waals surface area contributed by atoms with Gasteiger partial charge in [0.2, 0.25) is 11.9 Å². The number of morpholine rings is 1. The Kier molecular flexibility index (Phi) is 9.33. The van der Waals surface area contributed by atoms with Crippen molar-refractivity contribution < 1.29 is 28.6 Å². The molecule has 138 valence electrons. The zero-order valence-electron chi connectivity index (χ0n) is 14.8. The van der Waals surface area contributed by atoms with E-state index in [-0.39, 0.29) is 25.7 Å². The number of nitrogens with zero attached hydrogens (tertiary/aromatic N) is 2. The summed E-state index contributed by atoms with van der Waals surface area (Å²) >= 11 is 0. The van der Waals surface area contributed by atoms with Crippen LogP contribution in [0.1, 0.15) is 27.2 Å². The molecule has 0 aliphatic carbocycles. The van der Waals surface area contributed by atoms with E-state index >= 15 is 0 Å². The molecule has 1 rings (SSSR count). The second-order valence-electron chi connectivity index (χ2n) is 5.43. The van der Waals surface area contributed by atoms with Gasteiger partial charge in [-0.25, -0.2) is 9.59 Å². The van der Waals surface area contributed by atoms with E-state index in [1.165, 1.54) is 11.8 Å². The summed E-state index contributed by atoms with van der Waals surface area (Å²) in [4.78, 5) is 39.7. The van der Waals surface area contributed by atoms with Gasteiger partial charge in [0, 0.05) is 33.1 Å². The van der Waals surface area contributed by atoms with Crippen molar-refractivity contribution in [2.45, 2.75) is 33.2 Å². The normalized spacial score (nSPS) is 15.2. The Morgan fingerprint density at radius 1 is 1.08 bits per heavy atom. The predicted octanol–water partition coefficient (Wildman–Crippen LogP) is 0.0520. The summed E-state index contributed by atoms with van der Waals surface area (Å²) < 4.78 is 15.2. The van der Waals surface area contributed by atoms with Gasteiger partial charge in [0.1, 0.15) is 0 Å². The fourth-order valence-electron chi connectivity index (χ4n) is 2.55. The number of hydrogen-bond donors (Lipinski definition) is 0. The lowest BCUT2D eigenvalue weighted by molar-refractivity contribution is -0.167. The first-order valence-corrected chi connectivity index (χ1v) is 8.41. The Balaban J connectivity index is 2.69. The highest BCUT2D eigenvalue weighted by atomic mass is 16.6. The number of ether oxygens (including phenoxy) is 3. The monoisotopic (exact) mass is 344 g/mol. The average molecular weight is 344 g/mol. The largest absolute Gasteiger partial charge is 0.464 e. The van der Waals surface area contributed by atoms with Crippen molar-refractivity contribution in [1.29, 1.82) is 0 Å². The Morgan fingerprint density at radius 3 is 2.08 bits per heavy atom. The van der Waals surface area contributed by atoms with Crippen molar-refractivity contribution >= 4 is 17.8 Å². The molecule has 1 amide bonds. The van der Waals surface area contributed by atoms with Gasteiger partial charge in [-0.2, -0.15) is 0 Å². The highest BCUT2D eigenvalue weighted by molar-refractivity contribution is 6.02. The number of carbonyl (C=O) groups excluding carboxylic acids is 3. The van der Waals surface area contributed by atoms with E-state index in [4.69, 9.17) is 14.2 Å². The molecule has 1 saturated heterocycles. The third-order valence-electron chi connectivity index (χ3n) is 3.71. The van der Waals surface area contributed by atoms with Crippen LogP contribution in [0.15, 0.2) is 0 Å². The van der Waals surface area contributed by atoms with Crippen molar-refractivity contribution in [2.24, 2.45) is 0 Å². The van der Waals surface area contributed by atoms with Crippen molar-refractivity contribution in [1.82, 2.24) is 9.80 Å². The van der Waals surface area contributed by atoms with Gasteiger partial charge in [-0.15, -0.1) is 0 Å². The first-order valence-electron chi connectivity index (χ1n) is 8.41. The first-order chi connectivity index (χ1) is 11.5. The van der Waals surface area contributed by atoms with E-state index in [9.17, 15) is 14.4 Å². The van der Waals surface area contributed by atoms with Gasteiger partial charge in [0.05, 0.1) is 26.4 Å². The summed E-state index contributed by atoms with van der Waals surface area (Å²) in [5, 5.41) is 0. The Labute approximate surface area is 143 Å². The van der Waals surface area contributed by atoms with Crippen LogP contribution in [0.25, 0.3) is 0 Å². The quantitative estimate of drug-likeness (QED) is 0.432. The summed E-state index contributed by atoms with van der Waals surface area (Å²) in [6.45, 7) is 9.05. The smallest absolute Gasteiger partial charge is 0.340 e. The zero-order chi connectivity index (χ0) is 17.9. The topological polar surface area (TPSA) is 85.4 Å². The molecule has 8 heteroatoms. The van der Waals surface area contributed by atoms with Crippen molar-refractivity contribution in [3.63, 3.8) is 0 Å². The fraction of sp³-hybridized carbons (Fsp3) is 0.812. The Morgan fingerprint density at radius 2 is 1.62 bits per heavy atom. The molecule has 0 saturated carbocycles. The molecule has 0 aromatic heterocycles. The van der Waals surface area contributed by atoms with Crippen LogP contribution in [0.3, 0.4) is 0 Å². The van der Waals surface area contributed by atoms with Crippen molar-refractivity contribution in [3.05, 3.63) is 0 Å². The minimum Gasteiger partial charge on any atom is -0.464 e. The molecule has 1 fully saturated rings. The molecular weight excluding hydrogens is 316 g/mol. The highest BCUT2D eigenvalue weighted by Crippen LogP contribution is 2.09. The van der Waals surface area contributed by atoms with Gasteiger partial charge in [0.15, 0.2) is 0 Å². The number of esters is 2. The second-order valence-corrected chi connectivity index (χ2v) is 5.43. The molecule has 1 aliphatic rings. The van der Waals surface area contributed by atoms with Crippen LogP contribution in [0.2, 0.25) is 0 Å². The standard InChI is InChI=1S/C16H28N2O6/c1-4-23-15(20)14(16(21)24-5-2)18(13(3)19)8-6-7-17-9-11-22-12-10-17/h14H,4-12H2,1-3H3. The molecule has 0 unspecified atom stereocenters. The van der Waals surface area contributed by atoms with Gasteiger partial charge in [0.25, 0.3) is 0 Å². The second kappa shape index (κ2) is 11.0. The summed E-state index contributed by atoms with van der Waals surface area (Å²) in [6, 6.07) is -1.34. The Hall–Kier alpha value is -1.67. The third kappa shape index (κ3) is 6.45. The van der Waals surface area contributed by atoms with E-state index in [2.05, 4.69) is 4.90 Å². The van der Waals surface area contributed by atoms with E-state index in [0.717, 1.165) is 19.6 Å². The fourth-order valence-corrected chi connectivity index (χ4v) is 2.55. The molecule has 0 radical (unpaired) electrons. The zero-order valence-corrected chi connectivity index (χ0v) is 14.8. The van der Waals surface area contributed by atoms with Gasteiger partial charge in [-0.3, -0.25) is 9.69 Å². The summed E-state index contributed by atoms with van der Waals surface area (Å²) in [5.41, 5.74) is 0. The molecule has 0 aromatic rings. The predicted molar refractivity (Wildman–Crippen MR) is 86.3 cm³/mol. The lowest BCUT2D eigenvalue weighted by Crippen LogP contribution is -2.51. The van der Waals surface area contributed by atoms with Crippen LogP contribution < -0.4 is 0 Å². The number of amides is 1. The summed E-state index contributed by atoms with van der Waals surface area (Å²) in [7, 11) is 0. The van der Waals surface area contributed by atoms with Crippen molar-refractivity contribution in [3.8, 4) is 0 Å². The average Bonchev–Trinajstić information content (AvgIpc) is 2.55. The van der Waals surface area contributed by atoms with Crippen LogP contribution >= 0.6 is 0 Å². The van der Waals surface area contributed by atoms with Gasteiger partial charge >= 0.3 is 11.9 Å². The lowest BCUT2D eigenvalue weighted by Gasteiger charge is -2.30. The highest BCUT2D eigenvalue weighted by Gasteiger charge is 2.37. The lowest BCUT2D eigenvalue weighted by atomic mass is 10.2. The molecule has 1 heterocycles. The van der Waals surface area contributed by atoms with E-state index in [0.29, 0.717) is 19.6 Å². The molecule has 0 N–H and O–H groups in total. The van der Waals surface area contributed by atoms with E-state index in [1.54, 1.807) is 13.8 Å². The van der Waals surface area contributed by atoms with Crippen LogP contribution in [0.4, 0.5) is 0 Å². The summed E-state index contributed by atoms with van der Waals surface area (Å²) in [5.74, 6) is -1.86. The van der Waals surface area contributed by atoms with Gasteiger partial charge in [-0.05, 0) is 20.3 Å². The van der Waals surface area contributed by atoms with E-state index in [1.807, 2.05) is 0 Å². The minimum atomic E-state index is -1.34. The molecular formula is C16H28N2O6. The molecule has 1 aliphatic heterocycles. The van der Waals surface area contributed by atoms with Crippen LogP contribution in [0, 0.1) is 0 Å². The van der Waals surface area contributed by atoms with Crippen LogP contribution in [-0.2, 0) is 28.6 Å². The van der Waals surface area contributed by atoms with Crippen molar-refractivity contribution in [2.75, 3.05) is 52.6 Å². The maximum Gasteiger partial charge on any atom is 0.340 e. The molecule has 0 aromatic carbocycles. The molecule has 8 nitrogen and oxygen atoms in total. The minimum absolute atomic E-state index is 0.133. The Bertz CT molecular complexity index is 405. The molecule has 0 atom stereocenters. The van der Waals surface area contributed by atoms with Crippen LogP contribution in [-0.4, -0.2) is 86.3 Å². The maximum atomic E-state index is 12.1. The SMILES string of the molecule is CCOC(=O)C(C(=O)OCC)N(CCCN1CCOCC1)C(C)=O. The molecule has 24 heavy (non-hydrogen) atoms. The van der Waals surface area contributed by atoms with Gasteiger partial charge in [-0.1, -0.05) is 0 Å². The number of carbonyl (C=O) groups is 3. The van der Waals surface area contributed by atoms with Gasteiger partial charge < -0.3 is 19.1 Å². The maximum absolute atomic E-state index is 12.1. The number of hydrogen-bond acceptors (Lipinski definition) is 7. The third-order valence-corrected chi connectivity index (χ3v) is 3.71. The molecule has 0 spiro atoms. The van der Waals surface area contributed by atoms with E-state index < -0.39 is 18.0 Å². The first kappa shape index (κ1) is 20.4.